The number of hydrogen-bond acceptors (Lipinski definition) is 2. The number of nitrogens with zero attached hydrogens (tertiary/aromatic N) is 1. The van der Waals surface area contributed by atoms with Gasteiger partial charge < -0.3 is 0 Å². The summed E-state index contributed by atoms with van der Waals surface area (Å²) >= 11 is 5.69. The second kappa shape index (κ2) is 5.48. The second-order valence-electron chi connectivity index (χ2n) is 4.38. The highest BCUT2D eigenvalue weighted by atomic mass is 35.5. The fourth-order valence-corrected chi connectivity index (χ4v) is 2.42. The third-order valence-corrected chi connectivity index (χ3v) is 3.40. The van der Waals surface area contributed by atoms with Gasteiger partial charge in [-0.15, -0.1) is 0 Å². The van der Waals surface area contributed by atoms with E-state index in [-0.39, 0.29) is 0 Å². The van der Waals surface area contributed by atoms with Crippen LogP contribution in [0.25, 0.3) is 0 Å². The second-order valence-corrected chi connectivity index (χ2v) is 4.81. The third kappa shape index (κ3) is 2.96. The van der Waals surface area contributed by atoms with Gasteiger partial charge in [0, 0.05) is 16.6 Å². The molecular formula is C13H14ClFN2. The van der Waals surface area contributed by atoms with Gasteiger partial charge in [0.25, 0.3) is 0 Å². The molecule has 1 saturated carbocycles. The van der Waals surface area contributed by atoms with E-state index in [4.69, 9.17) is 16.9 Å². The van der Waals surface area contributed by atoms with Crippen molar-refractivity contribution in [2.75, 3.05) is 0 Å². The topological polar surface area (TPSA) is 35.8 Å². The molecule has 1 aromatic carbocycles. The molecule has 1 aliphatic carbocycles. The molecule has 2 nitrogen and oxygen atoms in total. The molecule has 90 valence electrons. The Morgan fingerprint density at radius 2 is 2.12 bits per heavy atom. The van der Waals surface area contributed by atoms with Crippen LogP contribution in [0.15, 0.2) is 18.2 Å². The predicted molar refractivity (Wildman–Crippen MR) is 65.2 cm³/mol. The zero-order valence-corrected chi connectivity index (χ0v) is 10.2. The Labute approximate surface area is 105 Å². The molecule has 1 atom stereocenters. The highest BCUT2D eigenvalue weighted by molar-refractivity contribution is 6.30. The molecule has 0 aromatic heterocycles. The van der Waals surface area contributed by atoms with Crippen molar-refractivity contribution in [1.82, 2.24) is 5.32 Å². The fraction of sp³-hybridized carbons (Fsp3) is 0.462. The summed E-state index contributed by atoms with van der Waals surface area (Å²) in [6.07, 6.45) is 4.48. The lowest BCUT2D eigenvalue weighted by atomic mass is 10.1. The zero-order valence-electron chi connectivity index (χ0n) is 9.42. The number of halogens is 2. The standard InChI is InChI=1S/C13H14ClFN2/c14-9-5-6-11(12(15)7-9)13(8-16)17-10-3-1-2-4-10/h5-7,10,13,17H,1-4H2. The molecule has 1 unspecified atom stereocenters. The SMILES string of the molecule is N#CC(NC1CCCC1)c1ccc(Cl)cc1F. The van der Waals surface area contributed by atoms with E-state index in [0.717, 1.165) is 12.8 Å². The third-order valence-electron chi connectivity index (χ3n) is 3.16. The Morgan fingerprint density at radius 1 is 1.41 bits per heavy atom. The molecule has 2 rings (SSSR count). The van der Waals surface area contributed by atoms with Crippen molar-refractivity contribution < 1.29 is 4.39 Å². The number of nitriles is 1. The first-order valence-corrected chi connectivity index (χ1v) is 6.19. The van der Waals surface area contributed by atoms with Gasteiger partial charge in [0.15, 0.2) is 0 Å². The maximum absolute atomic E-state index is 13.7. The molecule has 1 aliphatic rings. The van der Waals surface area contributed by atoms with Crippen LogP contribution in [0.1, 0.15) is 37.3 Å². The summed E-state index contributed by atoms with van der Waals surface area (Å²) < 4.78 is 13.7. The van der Waals surface area contributed by atoms with Gasteiger partial charge >= 0.3 is 0 Å². The molecule has 0 radical (unpaired) electrons. The molecule has 1 aromatic rings. The molecule has 0 bridgehead atoms. The number of nitrogens with one attached hydrogen (secondary N) is 1. The number of hydrogen-bond donors (Lipinski definition) is 1. The molecule has 0 aliphatic heterocycles. The Morgan fingerprint density at radius 3 is 2.71 bits per heavy atom. The van der Waals surface area contributed by atoms with Gasteiger partial charge in [0.1, 0.15) is 11.9 Å². The first kappa shape index (κ1) is 12.3. The van der Waals surface area contributed by atoms with Crippen molar-refractivity contribution in [3.05, 3.63) is 34.6 Å². The van der Waals surface area contributed by atoms with Crippen LogP contribution in [0.3, 0.4) is 0 Å². The van der Waals surface area contributed by atoms with Crippen LogP contribution in [0.4, 0.5) is 4.39 Å². The van der Waals surface area contributed by atoms with E-state index in [1.807, 2.05) is 0 Å². The quantitative estimate of drug-likeness (QED) is 0.893. The van der Waals surface area contributed by atoms with E-state index in [2.05, 4.69) is 11.4 Å². The van der Waals surface area contributed by atoms with Crippen molar-refractivity contribution in [1.29, 1.82) is 5.26 Å². The van der Waals surface area contributed by atoms with Crippen molar-refractivity contribution in [2.24, 2.45) is 0 Å². The summed E-state index contributed by atoms with van der Waals surface area (Å²) in [5.41, 5.74) is 0.379. The normalized spacial score (nSPS) is 17.9. The number of rotatable bonds is 3. The average Bonchev–Trinajstić information content (AvgIpc) is 2.79. The predicted octanol–water partition coefficient (Wildman–Crippen LogP) is 3.58. The first-order valence-electron chi connectivity index (χ1n) is 5.81. The summed E-state index contributed by atoms with van der Waals surface area (Å²) in [5, 5.41) is 12.7. The van der Waals surface area contributed by atoms with Crippen LogP contribution in [0.5, 0.6) is 0 Å². The zero-order chi connectivity index (χ0) is 12.3. The summed E-state index contributed by atoms with van der Waals surface area (Å²) in [4.78, 5) is 0. The van der Waals surface area contributed by atoms with Crippen LogP contribution in [-0.2, 0) is 0 Å². The molecule has 17 heavy (non-hydrogen) atoms. The van der Waals surface area contributed by atoms with Crippen LogP contribution >= 0.6 is 11.6 Å². The molecule has 1 N–H and O–H groups in total. The summed E-state index contributed by atoms with van der Waals surface area (Å²) in [5.74, 6) is -0.422. The Balaban J connectivity index is 2.14. The smallest absolute Gasteiger partial charge is 0.130 e. The van der Waals surface area contributed by atoms with Crippen molar-refractivity contribution >= 4 is 11.6 Å². The molecule has 0 spiro atoms. The lowest BCUT2D eigenvalue weighted by molar-refractivity contribution is 0.477. The van der Waals surface area contributed by atoms with E-state index in [0.29, 0.717) is 16.6 Å². The lowest BCUT2D eigenvalue weighted by Gasteiger charge is -2.17. The van der Waals surface area contributed by atoms with E-state index in [1.54, 1.807) is 12.1 Å². The van der Waals surface area contributed by atoms with Crippen molar-refractivity contribution in [2.45, 2.75) is 37.8 Å². The van der Waals surface area contributed by atoms with Crippen LogP contribution < -0.4 is 5.32 Å². The monoisotopic (exact) mass is 252 g/mol. The van der Waals surface area contributed by atoms with Gasteiger partial charge in [0.2, 0.25) is 0 Å². The largest absolute Gasteiger partial charge is 0.295 e. The maximum Gasteiger partial charge on any atom is 0.130 e. The molecular weight excluding hydrogens is 239 g/mol. The van der Waals surface area contributed by atoms with Crippen LogP contribution in [0.2, 0.25) is 5.02 Å². The van der Waals surface area contributed by atoms with Crippen molar-refractivity contribution in [3.8, 4) is 6.07 Å². The minimum Gasteiger partial charge on any atom is -0.295 e. The number of benzene rings is 1. The lowest BCUT2D eigenvalue weighted by Crippen LogP contribution is -2.30. The van der Waals surface area contributed by atoms with Gasteiger partial charge in [-0.05, 0) is 25.0 Å². The van der Waals surface area contributed by atoms with Gasteiger partial charge in [-0.2, -0.15) is 5.26 Å². The van der Waals surface area contributed by atoms with E-state index in [9.17, 15) is 4.39 Å². The van der Waals surface area contributed by atoms with E-state index in [1.165, 1.54) is 18.9 Å². The Kier molecular flexibility index (Phi) is 3.98. The van der Waals surface area contributed by atoms with Gasteiger partial charge in [-0.25, -0.2) is 4.39 Å². The van der Waals surface area contributed by atoms with Crippen molar-refractivity contribution in [3.63, 3.8) is 0 Å². The van der Waals surface area contributed by atoms with Gasteiger partial charge in [-0.1, -0.05) is 30.5 Å². The fourth-order valence-electron chi connectivity index (χ4n) is 2.26. The van der Waals surface area contributed by atoms with Crippen LogP contribution in [-0.4, -0.2) is 6.04 Å². The first-order chi connectivity index (χ1) is 8.20. The molecule has 1 fully saturated rings. The molecule has 0 heterocycles. The minimum absolute atomic E-state index is 0.328. The maximum atomic E-state index is 13.7. The highest BCUT2D eigenvalue weighted by Gasteiger charge is 2.22. The molecule has 0 saturated heterocycles. The minimum atomic E-state index is -0.588. The van der Waals surface area contributed by atoms with Gasteiger partial charge in [0.05, 0.1) is 6.07 Å². The summed E-state index contributed by atoms with van der Waals surface area (Å²) in [6.45, 7) is 0. The van der Waals surface area contributed by atoms with E-state index >= 15 is 0 Å². The summed E-state index contributed by atoms with van der Waals surface area (Å²) in [6, 6.07) is 6.29. The Hall–Kier alpha value is -1.11. The van der Waals surface area contributed by atoms with Crippen LogP contribution in [0, 0.1) is 17.1 Å². The summed E-state index contributed by atoms with van der Waals surface area (Å²) in [7, 11) is 0. The highest BCUT2D eigenvalue weighted by Crippen LogP contribution is 2.24. The van der Waals surface area contributed by atoms with Gasteiger partial charge in [-0.3, -0.25) is 5.32 Å². The molecule has 4 heteroatoms. The van der Waals surface area contributed by atoms with E-state index < -0.39 is 11.9 Å². The Bertz CT molecular complexity index is 436. The average molecular weight is 253 g/mol. The molecule has 0 amide bonds.